The highest BCUT2D eigenvalue weighted by Gasteiger charge is 2.25. The highest BCUT2D eigenvalue weighted by atomic mass is 16.5. The fraction of sp³-hybridized carbons (Fsp3) is 0.250. The summed E-state index contributed by atoms with van der Waals surface area (Å²) in [6, 6.07) is 13.7. The van der Waals surface area contributed by atoms with Gasteiger partial charge < -0.3 is 14.4 Å². The van der Waals surface area contributed by atoms with Crippen LogP contribution in [0.15, 0.2) is 48.5 Å². The van der Waals surface area contributed by atoms with E-state index in [4.69, 9.17) is 9.47 Å². The Morgan fingerprint density at radius 2 is 1.86 bits per heavy atom. The van der Waals surface area contributed by atoms with Crippen LogP contribution in [-0.2, 0) is 9.59 Å². The first-order valence-electron chi connectivity index (χ1n) is 8.92. The molecule has 0 fully saturated rings. The highest BCUT2D eigenvalue weighted by molar-refractivity contribution is 5.98. The number of anilines is 1. The molecule has 0 spiro atoms. The molecule has 0 aromatic heterocycles. The third-order valence-electron chi connectivity index (χ3n) is 4.11. The van der Waals surface area contributed by atoms with E-state index in [1.165, 1.54) is 4.90 Å². The first kappa shape index (κ1) is 19.2. The second-order valence-corrected chi connectivity index (χ2v) is 6.01. The van der Waals surface area contributed by atoms with Gasteiger partial charge in [-0.1, -0.05) is 12.1 Å². The standard InChI is InChI=1S/C20H21N3O5/c1-2-27-15-9-7-14(8-10-15)20(26)22-21-18(24)11-12-23-16-5-3-4-6-17(16)28-13-19(23)25/h3-10H,2,11-13H2,1H3,(H,21,24)(H,22,26). The van der Waals surface area contributed by atoms with Crippen LogP contribution in [0.4, 0.5) is 5.69 Å². The van der Waals surface area contributed by atoms with Crippen LogP contribution in [0.1, 0.15) is 23.7 Å². The lowest BCUT2D eigenvalue weighted by molar-refractivity contribution is -0.122. The quantitative estimate of drug-likeness (QED) is 0.740. The maximum absolute atomic E-state index is 12.1. The Kier molecular flexibility index (Phi) is 6.11. The number of carbonyl (C=O) groups excluding carboxylic acids is 3. The molecule has 1 aliphatic rings. The van der Waals surface area contributed by atoms with E-state index in [0.29, 0.717) is 29.4 Å². The molecule has 0 saturated carbocycles. The molecule has 1 heterocycles. The fourth-order valence-electron chi connectivity index (χ4n) is 2.74. The van der Waals surface area contributed by atoms with Gasteiger partial charge in [0, 0.05) is 18.5 Å². The average Bonchev–Trinajstić information content (AvgIpc) is 2.72. The van der Waals surface area contributed by atoms with Crippen molar-refractivity contribution in [3.8, 4) is 11.5 Å². The molecule has 8 nitrogen and oxygen atoms in total. The highest BCUT2D eigenvalue weighted by Crippen LogP contribution is 2.31. The molecular weight excluding hydrogens is 362 g/mol. The van der Waals surface area contributed by atoms with Gasteiger partial charge >= 0.3 is 0 Å². The summed E-state index contributed by atoms with van der Waals surface area (Å²) in [5.41, 5.74) is 5.74. The van der Waals surface area contributed by atoms with Gasteiger partial charge in [0.1, 0.15) is 11.5 Å². The summed E-state index contributed by atoms with van der Waals surface area (Å²) in [5, 5.41) is 0. The van der Waals surface area contributed by atoms with E-state index in [2.05, 4.69) is 10.9 Å². The first-order chi connectivity index (χ1) is 13.6. The smallest absolute Gasteiger partial charge is 0.269 e. The number of hydrogen-bond acceptors (Lipinski definition) is 5. The zero-order valence-corrected chi connectivity index (χ0v) is 15.4. The number of benzene rings is 2. The topological polar surface area (TPSA) is 97.0 Å². The van der Waals surface area contributed by atoms with Gasteiger partial charge in [-0.3, -0.25) is 25.2 Å². The molecule has 1 aliphatic heterocycles. The molecule has 28 heavy (non-hydrogen) atoms. The van der Waals surface area contributed by atoms with Gasteiger partial charge in [-0.2, -0.15) is 0 Å². The molecular formula is C20H21N3O5. The summed E-state index contributed by atoms with van der Waals surface area (Å²) in [6.45, 7) is 2.54. The van der Waals surface area contributed by atoms with Gasteiger partial charge in [-0.05, 0) is 43.3 Å². The molecule has 0 radical (unpaired) electrons. The van der Waals surface area contributed by atoms with E-state index in [1.54, 1.807) is 42.5 Å². The molecule has 3 rings (SSSR count). The fourth-order valence-corrected chi connectivity index (χ4v) is 2.74. The van der Waals surface area contributed by atoms with Gasteiger partial charge in [-0.25, -0.2) is 0 Å². The van der Waals surface area contributed by atoms with Crippen LogP contribution in [0.25, 0.3) is 0 Å². The third kappa shape index (κ3) is 4.59. The zero-order valence-electron chi connectivity index (χ0n) is 15.4. The Morgan fingerprint density at radius 1 is 1.11 bits per heavy atom. The van der Waals surface area contributed by atoms with Crippen LogP contribution in [0.5, 0.6) is 11.5 Å². The molecule has 2 aromatic carbocycles. The van der Waals surface area contributed by atoms with Crippen LogP contribution >= 0.6 is 0 Å². The summed E-state index contributed by atoms with van der Waals surface area (Å²) in [7, 11) is 0. The Balaban J connectivity index is 1.49. The van der Waals surface area contributed by atoms with Crippen molar-refractivity contribution in [2.24, 2.45) is 0 Å². The molecule has 0 atom stereocenters. The largest absolute Gasteiger partial charge is 0.494 e. The number of fused-ring (bicyclic) bond motifs is 1. The average molecular weight is 383 g/mol. The van der Waals surface area contributed by atoms with Crippen molar-refractivity contribution in [2.45, 2.75) is 13.3 Å². The lowest BCUT2D eigenvalue weighted by atomic mass is 10.2. The number of ether oxygens (including phenoxy) is 2. The predicted molar refractivity (Wildman–Crippen MR) is 102 cm³/mol. The minimum Gasteiger partial charge on any atom is -0.494 e. The molecule has 0 aliphatic carbocycles. The second kappa shape index (κ2) is 8.90. The summed E-state index contributed by atoms with van der Waals surface area (Å²) in [4.78, 5) is 37.7. The molecule has 0 bridgehead atoms. The van der Waals surface area contributed by atoms with Crippen LogP contribution in [0, 0.1) is 0 Å². The van der Waals surface area contributed by atoms with Crippen molar-refractivity contribution in [1.82, 2.24) is 10.9 Å². The van der Waals surface area contributed by atoms with Crippen molar-refractivity contribution in [2.75, 3.05) is 24.7 Å². The van der Waals surface area contributed by atoms with E-state index >= 15 is 0 Å². The van der Waals surface area contributed by atoms with E-state index in [0.717, 1.165) is 0 Å². The number of amides is 3. The minimum absolute atomic E-state index is 0.0314. The van der Waals surface area contributed by atoms with Crippen molar-refractivity contribution in [1.29, 1.82) is 0 Å². The molecule has 8 heteroatoms. The summed E-state index contributed by atoms with van der Waals surface area (Å²) >= 11 is 0. The molecule has 146 valence electrons. The number of hydrazine groups is 1. The number of nitrogens with one attached hydrogen (secondary N) is 2. The van der Waals surface area contributed by atoms with Gasteiger partial charge in [0.2, 0.25) is 5.91 Å². The van der Waals surface area contributed by atoms with Gasteiger partial charge in [-0.15, -0.1) is 0 Å². The van der Waals surface area contributed by atoms with Gasteiger partial charge in [0.25, 0.3) is 11.8 Å². The molecule has 3 amide bonds. The maximum Gasteiger partial charge on any atom is 0.269 e. The molecule has 0 unspecified atom stereocenters. The minimum atomic E-state index is -0.441. The number of para-hydroxylation sites is 2. The lowest BCUT2D eigenvalue weighted by Crippen LogP contribution is -2.44. The van der Waals surface area contributed by atoms with Crippen molar-refractivity contribution >= 4 is 23.4 Å². The lowest BCUT2D eigenvalue weighted by Gasteiger charge is -2.29. The zero-order chi connectivity index (χ0) is 19.9. The molecule has 2 N–H and O–H groups in total. The normalized spacial score (nSPS) is 12.6. The SMILES string of the molecule is CCOc1ccc(C(=O)NNC(=O)CCN2C(=O)COc3ccccc32)cc1. The third-order valence-corrected chi connectivity index (χ3v) is 4.11. The van der Waals surface area contributed by atoms with E-state index in [9.17, 15) is 14.4 Å². The van der Waals surface area contributed by atoms with Crippen LogP contribution in [0.2, 0.25) is 0 Å². The second-order valence-electron chi connectivity index (χ2n) is 6.01. The van der Waals surface area contributed by atoms with Crippen molar-refractivity contribution in [3.05, 3.63) is 54.1 Å². The molecule has 2 aromatic rings. The monoisotopic (exact) mass is 383 g/mol. The predicted octanol–water partition coefficient (Wildman–Crippen LogP) is 1.66. The van der Waals surface area contributed by atoms with Gasteiger partial charge in [0.05, 0.1) is 12.3 Å². The maximum atomic E-state index is 12.1. The van der Waals surface area contributed by atoms with Gasteiger partial charge in [0.15, 0.2) is 6.61 Å². The Hall–Kier alpha value is -3.55. The van der Waals surface area contributed by atoms with E-state index in [-0.39, 0.29) is 25.5 Å². The number of hydrogen-bond donors (Lipinski definition) is 2. The van der Waals surface area contributed by atoms with Crippen LogP contribution in [-0.4, -0.2) is 37.5 Å². The Bertz CT molecular complexity index is 866. The summed E-state index contributed by atoms with van der Waals surface area (Å²) in [6.07, 6.45) is 0.0314. The Morgan fingerprint density at radius 3 is 2.61 bits per heavy atom. The summed E-state index contributed by atoms with van der Waals surface area (Å²) in [5.74, 6) is 0.204. The molecule has 0 saturated heterocycles. The van der Waals surface area contributed by atoms with Crippen molar-refractivity contribution < 1.29 is 23.9 Å². The van der Waals surface area contributed by atoms with E-state index in [1.807, 2.05) is 13.0 Å². The Labute approximate surface area is 162 Å². The number of nitrogens with zero attached hydrogens (tertiary/aromatic N) is 1. The van der Waals surface area contributed by atoms with Crippen LogP contribution in [0.3, 0.4) is 0 Å². The summed E-state index contributed by atoms with van der Waals surface area (Å²) < 4.78 is 10.7. The first-order valence-corrected chi connectivity index (χ1v) is 8.92. The number of carbonyl (C=O) groups is 3. The van der Waals surface area contributed by atoms with E-state index < -0.39 is 11.8 Å². The van der Waals surface area contributed by atoms with Crippen LogP contribution < -0.4 is 25.2 Å². The van der Waals surface area contributed by atoms with Crippen molar-refractivity contribution in [3.63, 3.8) is 0 Å². The number of rotatable bonds is 6.